The number of piperidine rings is 1. The molecule has 0 bridgehead atoms. The van der Waals surface area contributed by atoms with Crippen LogP contribution in [-0.2, 0) is 16.1 Å². The number of fused-ring (bicyclic) bond motifs is 1. The van der Waals surface area contributed by atoms with Crippen LogP contribution in [0.3, 0.4) is 0 Å². The fraction of sp³-hybridized carbons (Fsp3) is 0.588. The Morgan fingerprint density at radius 3 is 2.79 bits per heavy atom. The molecule has 24 heavy (non-hydrogen) atoms. The molecule has 1 saturated heterocycles. The Kier molecular flexibility index (Phi) is 6.14. The number of pyridine rings is 1. The third-order valence-electron chi connectivity index (χ3n) is 5.16. The molecule has 3 N–H and O–H groups in total. The normalized spacial score (nSPS) is 25.9. The maximum atomic E-state index is 11.8. The molecule has 2 fully saturated rings. The van der Waals surface area contributed by atoms with Gasteiger partial charge in [0.05, 0.1) is 0 Å². The van der Waals surface area contributed by atoms with Crippen molar-refractivity contribution in [2.75, 3.05) is 26.4 Å². The molecule has 1 saturated carbocycles. The monoisotopic (exact) mass is 334 g/mol. The lowest BCUT2D eigenvalue weighted by molar-refractivity contribution is -0.135. The van der Waals surface area contributed by atoms with Crippen molar-refractivity contribution in [1.82, 2.24) is 14.8 Å². The molecule has 1 aromatic rings. The number of carbonyl (C=O) groups is 2. The number of anilines is 1. The van der Waals surface area contributed by atoms with Gasteiger partial charge in [0, 0.05) is 44.4 Å². The van der Waals surface area contributed by atoms with Gasteiger partial charge in [-0.3, -0.25) is 14.5 Å². The van der Waals surface area contributed by atoms with E-state index < -0.39 is 0 Å². The van der Waals surface area contributed by atoms with Gasteiger partial charge in [0.1, 0.15) is 5.82 Å². The Morgan fingerprint density at radius 1 is 1.46 bits per heavy atom. The molecule has 1 aromatic heterocycles. The van der Waals surface area contributed by atoms with Crippen LogP contribution in [-0.4, -0.2) is 59.0 Å². The molecule has 1 amide bonds. The van der Waals surface area contributed by atoms with Crippen LogP contribution in [0.5, 0.6) is 0 Å². The maximum absolute atomic E-state index is 11.8. The van der Waals surface area contributed by atoms with Gasteiger partial charge in [0.25, 0.3) is 6.47 Å². The first kappa shape index (κ1) is 18.2. The van der Waals surface area contributed by atoms with E-state index in [1.807, 2.05) is 24.1 Å². The first-order valence-electron chi connectivity index (χ1n) is 8.17. The van der Waals surface area contributed by atoms with Crippen LogP contribution in [0.2, 0.25) is 0 Å². The van der Waals surface area contributed by atoms with Gasteiger partial charge >= 0.3 is 0 Å². The summed E-state index contributed by atoms with van der Waals surface area (Å²) in [5, 5.41) is 6.89. The summed E-state index contributed by atoms with van der Waals surface area (Å²) in [5.74, 6) is 2.14. The topological polar surface area (TPSA) is 99.8 Å². The van der Waals surface area contributed by atoms with Crippen molar-refractivity contribution in [2.24, 2.45) is 11.8 Å². The van der Waals surface area contributed by atoms with Crippen LogP contribution < -0.4 is 5.73 Å². The highest BCUT2D eigenvalue weighted by molar-refractivity contribution is 5.77. The minimum absolute atomic E-state index is 0.250. The predicted octanol–water partition coefficient (Wildman–Crippen LogP) is 1.05. The minimum Gasteiger partial charge on any atom is -0.483 e. The summed E-state index contributed by atoms with van der Waals surface area (Å²) in [6.07, 6.45) is 4.75. The summed E-state index contributed by atoms with van der Waals surface area (Å²) in [6, 6.07) is 4.51. The van der Waals surface area contributed by atoms with Crippen LogP contribution in [0.15, 0.2) is 18.3 Å². The van der Waals surface area contributed by atoms with E-state index in [9.17, 15) is 4.79 Å². The Hall–Kier alpha value is -2.15. The lowest BCUT2D eigenvalue weighted by Crippen LogP contribution is -2.39. The summed E-state index contributed by atoms with van der Waals surface area (Å²) in [5.41, 5.74) is 7.02. The molecule has 7 heteroatoms. The molecule has 3 rings (SSSR count). The van der Waals surface area contributed by atoms with Gasteiger partial charge in [-0.05, 0) is 37.8 Å². The molecular formula is C17H26N4O3. The van der Waals surface area contributed by atoms with Gasteiger partial charge in [-0.25, -0.2) is 4.98 Å². The Morgan fingerprint density at radius 2 is 2.12 bits per heavy atom. The number of carboxylic acid groups (broad SMARTS) is 1. The number of nitrogen functional groups attached to an aromatic ring is 1. The molecule has 1 aliphatic heterocycles. The summed E-state index contributed by atoms with van der Waals surface area (Å²) in [7, 11) is 4.08. The number of carbonyl (C=O) groups excluding carboxylic acids is 1. The van der Waals surface area contributed by atoms with Crippen molar-refractivity contribution < 1.29 is 14.7 Å². The smallest absolute Gasteiger partial charge is 0.290 e. The average molecular weight is 334 g/mol. The molecule has 2 aliphatic rings. The van der Waals surface area contributed by atoms with Crippen molar-refractivity contribution >= 4 is 18.2 Å². The number of aromatic nitrogens is 1. The van der Waals surface area contributed by atoms with Gasteiger partial charge in [0.2, 0.25) is 5.91 Å². The third kappa shape index (κ3) is 4.23. The standard InChI is InChI=1S/C16H24N4O.CH2O2/c1-19(9-11-4-3-5-18-16(11)17)14-6-12-8-15(21)20(2)10-13(12)7-14;2-1-3/h3-5,12-14H,6-10H2,1-2H3,(H2,17,18);1H,(H,2,3)/t12-,13+,14-;/m0./s1. The predicted molar refractivity (Wildman–Crippen MR) is 91.1 cm³/mol. The lowest BCUT2D eigenvalue weighted by Gasteiger charge is -2.31. The van der Waals surface area contributed by atoms with E-state index in [0.29, 0.717) is 29.6 Å². The van der Waals surface area contributed by atoms with Gasteiger partial charge in [-0.15, -0.1) is 0 Å². The molecule has 0 radical (unpaired) electrons. The zero-order valence-corrected chi connectivity index (χ0v) is 14.3. The van der Waals surface area contributed by atoms with Crippen LogP contribution in [0.25, 0.3) is 0 Å². The molecular weight excluding hydrogens is 308 g/mol. The van der Waals surface area contributed by atoms with Crippen LogP contribution >= 0.6 is 0 Å². The highest BCUT2D eigenvalue weighted by Gasteiger charge is 2.41. The van der Waals surface area contributed by atoms with Gasteiger partial charge in [-0.1, -0.05) is 6.07 Å². The van der Waals surface area contributed by atoms with Gasteiger partial charge in [-0.2, -0.15) is 0 Å². The highest BCUT2D eigenvalue weighted by Crippen LogP contribution is 2.40. The van der Waals surface area contributed by atoms with Crippen molar-refractivity contribution in [3.05, 3.63) is 23.9 Å². The van der Waals surface area contributed by atoms with Crippen LogP contribution in [0.4, 0.5) is 5.82 Å². The molecule has 7 nitrogen and oxygen atoms in total. The minimum atomic E-state index is -0.250. The third-order valence-corrected chi connectivity index (χ3v) is 5.16. The molecule has 0 unspecified atom stereocenters. The Labute approximate surface area is 142 Å². The second-order valence-electron chi connectivity index (χ2n) is 6.69. The Bertz CT molecular complexity index is 581. The number of hydrogen-bond donors (Lipinski definition) is 2. The van der Waals surface area contributed by atoms with E-state index in [4.69, 9.17) is 15.6 Å². The summed E-state index contributed by atoms with van der Waals surface area (Å²) in [6.45, 7) is 1.50. The second-order valence-corrected chi connectivity index (χ2v) is 6.69. The van der Waals surface area contributed by atoms with E-state index >= 15 is 0 Å². The fourth-order valence-electron chi connectivity index (χ4n) is 3.83. The highest BCUT2D eigenvalue weighted by atomic mass is 16.3. The first-order chi connectivity index (χ1) is 11.5. The largest absolute Gasteiger partial charge is 0.483 e. The number of rotatable bonds is 3. The lowest BCUT2D eigenvalue weighted by atomic mass is 9.88. The quantitative estimate of drug-likeness (QED) is 0.802. The second kappa shape index (κ2) is 8.10. The zero-order valence-electron chi connectivity index (χ0n) is 14.3. The molecule has 2 heterocycles. The van der Waals surface area contributed by atoms with Gasteiger partial charge < -0.3 is 15.7 Å². The van der Waals surface area contributed by atoms with Crippen molar-refractivity contribution in [1.29, 1.82) is 0 Å². The number of likely N-dealkylation sites (tertiary alicyclic amines) is 1. The zero-order chi connectivity index (χ0) is 17.7. The van der Waals surface area contributed by atoms with E-state index in [-0.39, 0.29) is 6.47 Å². The first-order valence-corrected chi connectivity index (χ1v) is 8.17. The van der Waals surface area contributed by atoms with E-state index in [2.05, 4.69) is 16.9 Å². The molecule has 132 valence electrons. The fourth-order valence-corrected chi connectivity index (χ4v) is 3.83. The maximum Gasteiger partial charge on any atom is 0.290 e. The molecule has 0 aromatic carbocycles. The number of nitrogens with zero attached hydrogens (tertiary/aromatic N) is 3. The van der Waals surface area contributed by atoms with Crippen molar-refractivity contribution in [3.63, 3.8) is 0 Å². The van der Waals surface area contributed by atoms with Crippen LogP contribution in [0.1, 0.15) is 24.8 Å². The summed E-state index contributed by atoms with van der Waals surface area (Å²) >= 11 is 0. The van der Waals surface area contributed by atoms with Crippen molar-refractivity contribution in [3.8, 4) is 0 Å². The van der Waals surface area contributed by atoms with Crippen LogP contribution in [0, 0.1) is 11.8 Å². The molecule has 1 aliphatic carbocycles. The number of nitrogens with two attached hydrogens (primary N) is 1. The van der Waals surface area contributed by atoms with Crippen molar-refractivity contribution in [2.45, 2.75) is 31.8 Å². The van der Waals surface area contributed by atoms with E-state index in [0.717, 1.165) is 31.5 Å². The molecule has 3 atom stereocenters. The van der Waals surface area contributed by atoms with E-state index in [1.165, 1.54) is 6.42 Å². The average Bonchev–Trinajstić information content (AvgIpc) is 2.94. The summed E-state index contributed by atoms with van der Waals surface area (Å²) in [4.78, 5) is 28.6. The number of hydrogen-bond acceptors (Lipinski definition) is 5. The molecule has 0 spiro atoms. The Balaban J connectivity index is 0.000000647. The van der Waals surface area contributed by atoms with Gasteiger partial charge in [0.15, 0.2) is 0 Å². The SMILES string of the molecule is CN1C[C@H]2C[C@@H](N(C)Cc3cccnc3N)C[C@H]2CC1=O.O=CO. The van der Waals surface area contributed by atoms with E-state index in [1.54, 1.807) is 6.20 Å². The number of amides is 1. The summed E-state index contributed by atoms with van der Waals surface area (Å²) < 4.78 is 0.